The zero-order valence-corrected chi connectivity index (χ0v) is 10.7. The lowest BCUT2D eigenvalue weighted by atomic mass is 9.99. The van der Waals surface area contributed by atoms with Crippen molar-refractivity contribution >= 4 is 5.91 Å². The molecule has 0 saturated carbocycles. The van der Waals surface area contributed by atoms with Crippen molar-refractivity contribution < 1.29 is 18.0 Å². The van der Waals surface area contributed by atoms with E-state index in [1.54, 1.807) is 4.90 Å². The highest BCUT2D eigenvalue weighted by Crippen LogP contribution is 2.27. The maximum atomic E-state index is 12.4. The second-order valence-corrected chi connectivity index (χ2v) is 4.96. The van der Waals surface area contributed by atoms with Gasteiger partial charge in [-0.25, -0.2) is 0 Å². The summed E-state index contributed by atoms with van der Waals surface area (Å²) in [5.41, 5.74) is -0.965. The highest BCUT2D eigenvalue weighted by Gasteiger charge is 2.33. The van der Waals surface area contributed by atoms with Gasteiger partial charge in [0.15, 0.2) is 5.69 Å². The highest BCUT2D eigenvalue weighted by atomic mass is 19.4. The smallest absolute Gasteiger partial charge is 0.341 e. The molecule has 1 aliphatic rings. The number of carbonyl (C=O) groups is 1. The van der Waals surface area contributed by atoms with E-state index >= 15 is 0 Å². The van der Waals surface area contributed by atoms with Crippen LogP contribution in [0, 0.1) is 5.92 Å². The Labute approximate surface area is 109 Å². The maximum absolute atomic E-state index is 12.4. The van der Waals surface area contributed by atoms with Crippen molar-refractivity contribution in [2.45, 2.75) is 32.5 Å². The van der Waals surface area contributed by atoms with Crippen LogP contribution >= 0.6 is 0 Å². The zero-order chi connectivity index (χ0) is 14.0. The van der Waals surface area contributed by atoms with Gasteiger partial charge in [0, 0.05) is 19.3 Å². The van der Waals surface area contributed by atoms with Gasteiger partial charge >= 0.3 is 6.18 Å². The van der Waals surface area contributed by atoms with E-state index in [0.717, 1.165) is 23.6 Å². The van der Waals surface area contributed by atoms with Crippen molar-refractivity contribution in [1.29, 1.82) is 0 Å². The van der Waals surface area contributed by atoms with Gasteiger partial charge < -0.3 is 4.90 Å². The third-order valence-electron chi connectivity index (χ3n) is 3.36. The van der Waals surface area contributed by atoms with Gasteiger partial charge in [0.2, 0.25) is 5.91 Å². The Bertz CT molecular complexity index is 447. The number of halogens is 3. The topological polar surface area (TPSA) is 38.1 Å². The van der Waals surface area contributed by atoms with E-state index in [1.807, 2.05) is 0 Å². The summed E-state index contributed by atoms with van der Waals surface area (Å²) in [5.74, 6) is 0.425. The number of amides is 1. The number of carbonyl (C=O) groups excluding carboxylic acids is 1. The Balaban J connectivity index is 1.94. The van der Waals surface area contributed by atoms with Crippen LogP contribution in [0.1, 0.15) is 25.5 Å². The van der Waals surface area contributed by atoms with Crippen LogP contribution in [0.3, 0.4) is 0 Å². The minimum Gasteiger partial charge on any atom is -0.341 e. The molecule has 4 nitrogen and oxygen atoms in total. The largest absolute Gasteiger partial charge is 0.435 e. The summed E-state index contributed by atoms with van der Waals surface area (Å²) in [4.78, 5) is 13.6. The first-order valence-corrected chi connectivity index (χ1v) is 6.24. The molecule has 7 heteroatoms. The van der Waals surface area contributed by atoms with Crippen LogP contribution in [0.2, 0.25) is 0 Å². The van der Waals surface area contributed by atoms with Gasteiger partial charge in [0.05, 0.1) is 0 Å². The molecule has 2 heterocycles. The van der Waals surface area contributed by atoms with E-state index in [0.29, 0.717) is 19.0 Å². The minimum atomic E-state index is -4.46. The van der Waals surface area contributed by atoms with Crippen molar-refractivity contribution in [3.05, 3.63) is 18.0 Å². The standard InChI is InChI=1S/C12H16F3N3O/c1-9-2-5-17(6-3-9)11(19)8-18-7-4-10(16-18)12(13,14)15/h4,7,9H,2-3,5-6,8H2,1H3. The molecule has 0 aliphatic carbocycles. The van der Waals surface area contributed by atoms with Gasteiger partial charge in [-0.15, -0.1) is 0 Å². The van der Waals surface area contributed by atoms with Crippen LogP contribution in [0.15, 0.2) is 12.3 Å². The number of hydrogen-bond acceptors (Lipinski definition) is 2. The molecule has 1 fully saturated rings. The van der Waals surface area contributed by atoms with E-state index in [2.05, 4.69) is 12.0 Å². The lowest BCUT2D eigenvalue weighted by molar-refractivity contribution is -0.142. The molecule has 1 aromatic heterocycles. The average molecular weight is 275 g/mol. The predicted molar refractivity (Wildman–Crippen MR) is 62.2 cm³/mol. The first-order valence-electron chi connectivity index (χ1n) is 6.24. The summed E-state index contributed by atoms with van der Waals surface area (Å²) >= 11 is 0. The maximum Gasteiger partial charge on any atom is 0.435 e. The molecule has 0 unspecified atom stereocenters. The van der Waals surface area contributed by atoms with E-state index in [-0.39, 0.29) is 12.5 Å². The number of alkyl halides is 3. The number of rotatable bonds is 2. The van der Waals surface area contributed by atoms with Crippen molar-refractivity contribution in [2.75, 3.05) is 13.1 Å². The molecule has 106 valence electrons. The van der Waals surface area contributed by atoms with Crippen LogP contribution in [-0.2, 0) is 17.5 Å². The monoisotopic (exact) mass is 275 g/mol. The Morgan fingerprint density at radius 2 is 2.05 bits per heavy atom. The lowest BCUT2D eigenvalue weighted by Gasteiger charge is -2.30. The normalized spacial score (nSPS) is 17.8. The molecule has 0 aromatic carbocycles. The molecule has 0 atom stereocenters. The van der Waals surface area contributed by atoms with Gasteiger partial charge in [0.1, 0.15) is 6.54 Å². The fourth-order valence-electron chi connectivity index (χ4n) is 2.10. The predicted octanol–water partition coefficient (Wildman–Crippen LogP) is 2.16. The molecule has 1 saturated heterocycles. The molecule has 2 rings (SSSR count). The van der Waals surface area contributed by atoms with Crippen molar-refractivity contribution in [3.63, 3.8) is 0 Å². The van der Waals surface area contributed by atoms with Gasteiger partial charge in [-0.2, -0.15) is 18.3 Å². The number of hydrogen-bond donors (Lipinski definition) is 0. The van der Waals surface area contributed by atoms with Gasteiger partial charge in [-0.05, 0) is 24.8 Å². The molecule has 1 amide bonds. The molecule has 0 spiro atoms. The summed E-state index contributed by atoms with van der Waals surface area (Å²) < 4.78 is 38.1. The molecular formula is C12H16F3N3O. The van der Waals surface area contributed by atoms with Gasteiger partial charge in [0.25, 0.3) is 0 Å². The van der Waals surface area contributed by atoms with E-state index in [4.69, 9.17) is 0 Å². The Morgan fingerprint density at radius 3 is 2.58 bits per heavy atom. The number of piperidine rings is 1. The van der Waals surface area contributed by atoms with Crippen molar-refractivity contribution in [3.8, 4) is 0 Å². The number of likely N-dealkylation sites (tertiary alicyclic amines) is 1. The second kappa shape index (κ2) is 5.22. The lowest BCUT2D eigenvalue weighted by Crippen LogP contribution is -2.39. The first kappa shape index (κ1) is 13.9. The Kier molecular flexibility index (Phi) is 3.82. The number of aromatic nitrogens is 2. The third-order valence-corrected chi connectivity index (χ3v) is 3.36. The average Bonchev–Trinajstić information content (AvgIpc) is 2.78. The van der Waals surface area contributed by atoms with Crippen LogP contribution in [0.5, 0.6) is 0 Å². The summed E-state index contributed by atoms with van der Waals surface area (Å²) in [6.07, 6.45) is -1.39. The summed E-state index contributed by atoms with van der Waals surface area (Å²) in [7, 11) is 0. The van der Waals surface area contributed by atoms with E-state index < -0.39 is 11.9 Å². The summed E-state index contributed by atoms with van der Waals surface area (Å²) in [5, 5.41) is 3.38. The van der Waals surface area contributed by atoms with Crippen LogP contribution < -0.4 is 0 Å². The fraction of sp³-hybridized carbons (Fsp3) is 0.667. The highest BCUT2D eigenvalue weighted by molar-refractivity contribution is 5.76. The zero-order valence-electron chi connectivity index (χ0n) is 10.7. The molecule has 0 N–H and O–H groups in total. The molecule has 19 heavy (non-hydrogen) atoms. The van der Waals surface area contributed by atoms with Gasteiger partial charge in [-0.1, -0.05) is 6.92 Å². The first-order chi connectivity index (χ1) is 8.86. The van der Waals surface area contributed by atoms with Crippen LogP contribution in [-0.4, -0.2) is 33.7 Å². The summed E-state index contributed by atoms with van der Waals surface area (Å²) in [6, 6.07) is 0.881. The minimum absolute atomic E-state index is 0.134. The second-order valence-electron chi connectivity index (χ2n) is 4.96. The Hall–Kier alpha value is -1.53. The quantitative estimate of drug-likeness (QED) is 0.829. The molecular weight excluding hydrogens is 259 g/mol. The van der Waals surface area contributed by atoms with Crippen LogP contribution in [0.4, 0.5) is 13.2 Å². The molecule has 1 aliphatic heterocycles. The Morgan fingerprint density at radius 1 is 1.42 bits per heavy atom. The van der Waals surface area contributed by atoms with E-state index in [9.17, 15) is 18.0 Å². The number of nitrogens with zero attached hydrogens (tertiary/aromatic N) is 3. The SMILES string of the molecule is CC1CCN(C(=O)Cn2ccc(C(F)(F)F)n2)CC1. The van der Waals surface area contributed by atoms with Crippen molar-refractivity contribution in [2.24, 2.45) is 5.92 Å². The molecule has 1 aromatic rings. The van der Waals surface area contributed by atoms with Gasteiger partial charge in [-0.3, -0.25) is 9.48 Å². The van der Waals surface area contributed by atoms with Crippen LogP contribution in [0.25, 0.3) is 0 Å². The van der Waals surface area contributed by atoms with Crippen molar-refractivity contribution in [1.82, 2.24) is 14.7 Å². The fourth-order valence-corrected chi connectivity index (χ4v) is 2.10. The van der Waals surface area contributed by atoms with E-state index in [1.165, 1.54) is 6.20 Å². The third kappa shape index (κ3) is 3.48. The molecule has 0 radical (unpaired) electrons. The summed E-state index contributed by atoms with van der Waals surface area (Å²) in [6.45, 7) is 3.34. The molecule has 0 bridgehead atoms.